The van der Waals surface area contributed by atoms with Gasteiger partial charge in [0.15, 0.2) is 0 Å². The van der Waals surface area contributed by atoms with Crippen molar-refractivity contribution in [3.8, 4) is 0 Å². The fourth-order valence-electron chi connectivity index (χ4n) is 2.30. The highest BCUT2D eigenvalue weighted by Gasteiger charge is 2.41. The van der Waals surface area contributed by atoms with E-state index in [0.29, 0.717) is 0 Å². The number of anilines is 1. The number of rotatable bonds is 4. The Morgan fingerprint density at radius 2 is 1.80 bits per heavy atom. The van der Waals surface area contributed by atoms with Crippen LogP contribution in [0.5, 0.6) is 0 Å². The molecule has 3 rings (SSSR count). The van der Waals surface area contributed by atoms with E-state index in [-0.39, 0.29) is 0 Å². The topological polar surface area (TPSA) is 12.0 Å². The first kappa shape index (κ1) is 9.94. The van der Waals surface area contributed by atoms with Crippen LogP contribution in [0.25, 0.3) is 0 Å². The number of hydrogen-bond donors (Lipinski definition) is 1. The molecule has 2 heteroatoms. The molecule has 0 unspecified atom stereocenters. The Bertz CT molecular complexity index is 343. The summed E-state index contributed by atoms with van der Waals surface area (Å²) in [4.78, 5) is 0. The van der Waals surface area contributed by atoms with Crippen molar-refractivity contribution in [3.63, 3.8) is 0 Å². The predicted molar refractivity (Wildman–Crippen MR) is 72.0 cm³/mol. The Kier molecular flexibility index (Phi) is 2.63. The van der Waals surface area contributed by atoms with E-state index in [1.165, 1.54) is 34.9 Å². The van der Waals surface area contributed by atoms with Crippen LogP contribution in [-0.4, -0.2) is 6.04 Å². The van der Waals surface area contributed by atoms with Gasteiger partial charge in [0.2, 0.25) is 0 Å². The SMILES string of the molecule is Ic1cccc(NC(C2CC2)C2CC2)c1. The van der Waals surface area contributed by atoms with Crippen LogP contribution in [0.2, 0.25) is 0 Å². The zero-order chi connectivity index (χ0) is 10.3. The highest BCUT2D eigenvalue weighted by Crippen LogP contribution is 2.45. The summed E-state index contributed by atoms with van der Waals surface area (Å²) in [5.41, 5.74) is 1.31. The van der Waals surface area contributed by atoms with E-state index >= 15 is 0 Å². The Hall–Kier alpha value is -0.250. The average Bonchev–Trinajstić information content (AvgIpc) is 3.07. The molecule has 0 aromatic heterocycles. The molecule has 0 bridgehead atoms. The molecule has 1 aromatic rings. The maximum Gasteiger partial charge on any atom is 0.0353 e. The first-order chi connectivity index (χ1) is 7.33. The van der Waals surface area contributed by atoms with Crippen molar-refractivity contribution in [3.05, 3.63) is 27.8 Å². The molecule has 1 aromatic carbocycles. The molecule has 0 spiro atoms. The second-order valence-corrected chi connectivity index (χ2v) is 6.10. The molecule has 0 radical (unpaired) electrons. The van der Waals surface area contributed by atoms with Gasteiger partial charge in [0.25, 0.3) is 0 Å². The zero-order valence-corrected chi connectivity index (χ0v) is 10.9. The summed E-state index contributed by atoms with van der Waals surface area (Å²) in [5.74, 6) is 1.94. The number of halogens is 1. The first-order valence-corrected chi connectivity index (χ1v) is 6.93. The van der Waals surface area contributed by atoms with Crippen molar-refractivity contribution in [2.45, 2.75) is 31.7 Å². The van der Waals surface area contributed by atoms with Gasteiger partial charge in [0.1, 0.15) is 0 Å². The van der Waals surface area contributed by atoms with Crippen molar-refractivity contribution in [2.24, 2.45) is 11.8 Å². The molecule has 0 heterocycles. The Labute approximate surface area is 105 Å². The van der Waals surface area contributed by atoms with Crippen LogP contribution in [0, 0.1) is 15.4 Å². The van der Waals surface area contributed by atoms with E-state index in [1.54, 1.807) is 0 Å². The standard InChI is InChI=1S/C13H16IN/c14-11-2-1-3-12(8-11)15-13(9-4-5-9)10-6-7-10/h1-3,8-10,13,15H,4-7H2. The maximum absolute atomic E-state index is 3.74. The first-order valence-electron chi connectivity index (χ1n) is 5.85. The molecule has 0 saturated heterocycles. The normalized spacial score (nSPS) is 20.7. The minimum Gasteiger partial charge on any atom is -0.382 e. The Morgan fingerprint density at radius 1 is 1.13 bits per heavy atom. The molecule has 0 amide bonds. The predicted octanol–water partition coefficient (Wildman–Crippen LogP) is 3.89. The van der Waals surface area contributed by atoms with Gasteiger partial charge in [-0.1, -0.05) is 6.07 Å². The maximum atomic E-state index is 3.74. The summed E-state index contributed by atoms with van der Waals surface area (Å²) < 4.78 is 1.32. The Morgan fingerprint density at radius 3 is 2.33 bits per heavy atom. The molecular formula is C13H16IN. The van der Waals surface area contributed by atoms with Gasteiger partial charge in [0, 0.05) is 15.3 Å². The highest BCUT2D eigenvalue weighted by atomic mass is 127. The smallest absolute Gasteiger partial charge is 0.0353 e. The van der Waals surface area contributed by atoms with Gasteiger partial charge in [-0.15, -0.1) is 0 Å². The summed E-state index contributed by atoms with van der Waals surface area (Å²) in [7, 11) is 0. The van der Waals surface area contributed by atoms with E-state index in [2.05, 4.69) is 52.2 Å². The number of nitrogens with one attached hydrogen (secondary N) is 1. The summed E-state index contributed by atoms with van der Waals surface area (Å²) in [6.45, 7) is 0. The lowest BCUT2D eigenvalue weighted by molar-refractivity contribution is 0.568. The van der Waals surface area contributed by atoms with E-state index < -0.39 is 0 Å². The van der Waals surface area contributed by atoms with E-state index in [4.69, 9.17) is 0 Å². The van der Waals surface area contributed by atoms with Gasteiger partial charge in [-0.3, -0.25) is 0 Å². The lowest BCUT2D eigenvalue weighted by atomic mass is 10.1. The average molecular weight is 313 g/mol. The number of hydrogen-bond acceptors (Lipinski definition) is 1. The van der Waals surface area contributed by atoms with Crippen LogP contribution in [0.3, 0.4) is 0 Å². The van der Waals surface area contributed by atoms with Crippen LogP contribution in [0.1, 0.15) is 25.7 Å². The van der Waals surface area contributed by atoms with Crippen LogP contribution in [0.15, 0.2) is 24.3 Å². The summed E-state index contributed by atoms with van der Waals surface area (Å²) in [6, 6.07) is 9.50. The second-order valence-electron chi connectivity index (χ2n) is 4.86. The molecule has 2 aliphatic carbocycles. The molecule has 1 nitrogen and oxygen atoms in total. The molecule has 2 fully saturated rings. The van der Waals surface area contributed by atoms with E-state index in [9.17, 15) is 0 Å². The summed E-state index contributed by atoms with van der Waals surface area (Å²) >= 11 is 2.38. The van der Waals surface area contributed by atoms with Crippen molar-refractivity contribution < 1.29 is 0 Å². The van der Waals surface area contributed by atoms with Gasteiger partial charge in [-0.25, -0.2) is 0 Å². The molecule has 2 aliphatic rings. The van der Waals surface area contributed by atoms with Crippen LogP contribution in [0.4, 0.5) is 5.69 Å². The monoisotopic (exact) mass is 313 g/mol. The molecule has 0 atom stereocenters. The molecule has 80 valence electrons. The molecule has 2 saturated carbocycles. The third-order valence-corrected chi connectivity index (χ3v) is 4.09. The fraction of sp³-hybridized carbons (Fsp3) is 0.538. The van der Waals surface area contributed by atoms with Crippen molar-refractivity contribution in [1.82, 2.24) is 0 Å². The molecule has 0 aliphatic heterocycles. The van der Waals surface area contributed by atoms with Crippen molar-refractivity contribution in [2.75, 3.05) is 5.32 Å². The molecule has 1 N–H and O–H groups in total. The summed E-state index contributed by atoms with van der Waals surface area (Å²) in [6.07, 6.45) is 5.77. The van der Waals surface area contributed by atoms with Crippen LogP contribution < -0.4 is 5.32 Å². The number of benzene rings is 1. The quantitative estimate of drug-likeness (QED) is 0.832. The van der Waals surface area contributed by atoms with Gasteiger partial charge in [0.05, 0.1) is 0 Å². The van der Waals surface area contributed by atoms with Gasteiger partial charge in [-0.2, -0.15) is 0 Å². The Balaban J connectivity index is 1.71. The third-order valence-electron chi connectivity index (χ3n) is 3.42. The van der Waals surface area contributed by atoms with Crippen molar-refractivity contribution >= 4 is 28.3 Å². The van der Waals surface area contributed by atoms with Gasteiger partial charge in [-0.05, 0) is 78.3 Å². The lowest BCUT2D eigenvalue weighted by Crippen LogP contribution is -2.24. The van der Waals surface area contributed by atoms with Gasteiger partial charge >= 0.3 is 0 Å². The zero-order valence-electron chi connectivity index (χ0n) is 8.75. The summed E-state index contributed by atoms with van der Waals surface area (Å²) in [5, 5.41) is 3.74. The minimum absolute atomic E-state index is 0.767. The minimum atomic E-state index is 0.767. The van der Waals surface area contributed by atoms with E-state index in [1.807, 2.05) is 0 Å². The molecule has 15 heavy (non-hydrogen) atoms. The lowest BCUT2D eigenvalue weighted by Gasteiger charge is -2.19. The molecular weight excluding hydrogens is 297 g/mol. The van der Waals surface area contributed by atoms with Crippen molar-refractivity contribution in [1.29, 1.82) is 0 Å². The third kappa shape index (κ3) is 2.47. The largest absolute Gasteiger partial charge is 0.382 e. The second kappa shape index (κ2) is 3.96. The van der Waals surface area contributed by atoms with Crippen LogP contribution in [-0.2, 0) is 0 Å². The van der Waals surface area contributed by atoms with Gasteiger partial charge < -0.3 is 5.32 Å². The fourth-order valence-corrected chi connectivity index (χ4v) is 2.85. The van der Waals surface area contributed by atoms with Crippen LogP contribution >= 0.6 is 22.6 Å². The highest BCUT2D eigenvalue weighted by molar-refractivity contribution is 14.1. The van der Waals surface area contributed by atoms with E-state index in [0.717, 1.165) is 17.9 Å².